The van der Waals surface area contributed by atoms with Gasteiger partial charge in [-0.15, -0.1) is 0 Å². The molecule has 0 radical (unpaired) electrons. The van der Waals surface area contributed by atoms with E-state index in [0.717, 1.165) is 10.2 Å². The molecular formula is C20H20N4O3S2. The zero-order valence-corrected chi connectivity index (χ0v) is 17.5. The van der Waals surface area contributed by atoms with Gasteiger partial charge < -0.3 is 5.32 Å². The molecule has 0 spiro atoms. The van der Waals surface area contributed by atoms with E-state index in [1.807, 2.05) is 38.1 Å². The van der Waals surface area contributed by atoms with E-state index in [0.29, 0.717) is 17.1 Å². The monoisotopic (exact) mass is 428 g/mol. The molecule has 2 heterocycles. The summed E-state index contributed by atoms with van der Waals surface area (Å²) in [7, 11) is -3.66. The number of fused-ring (bicyclic) bond motifs is 2. The number of amides is 1. The fourth-order valence-corrected chi connectivity index (χ4v) is 5.25. The zero-order valence-electron chi connectivity index (χ0n) is 15.9. The first kappa shape index (κ1) is 19.5. The molecule has 0 saturated carbocycles. The van der Waals surface area contributed by atoms with Crippen molar-refractivity contribution in [3.05, 3.63) is 54.1 Å². The van der Waals surface area contributed by atoms with Crippen molar-refractivity contribution in [2.45, 2.75) is 31.2 Å². The number of amidine groups is 1. The Bertz CT molecular complexity index is 1180. The van der Waals surface area contributed by atoms with Gasteiger partial charge in [-0.05, 0) is 30.2 Å². The molecule has 2 N–H and O–H groups in total. The lowest BCUT2D eigenvalue weighted by atomic mass is 9.99. The van der Waals surface area contributed by atoms with E-state index in [-0.39, 0.29) is 22.6 Å². The maximum absolute atomic E-state index is 13.0. The summed E-state index contributed by atoms with van der Waals surface area (Å²) in [6.07, 6.45) is 0.711. The van der Waals surface area contributed by atoms with Gasteiger partial charge in [0.2, 0.25) is 0 Å². The average Bonchev–Trinajstić information content (AvgIpc) is 3.23. The van der Waals surface area contributed by atoms with Crippen molar-refractivity contribution in [2.24, 2.45) is 10.9 Å². The number of anilines is 1. The molecule has 29 heavy (non-hydrogen) atoms. The Labute approximate surface area is 172 Å². The second kappa shape index (κ2) is 7.57. The third kappa shape index (κ3) is 3.75. The number of nitrogens with zero attached hydrogens (tertiary/aromatic N) is 2. The van der Waals surface area contributed by atoms with Gasteiger partial charge in [0, 0.05) is 5.56 Å². The van der Waals surface area contributed by atoms with Gasteiger partial charge in [0.25, 0.3) is 15.9 Å². The quantitative estimate of drug-likeness (QED) is 0.650. The Morgan fingerprint density at radius 1 is 1.21 bits per heavy atom. The van der Waals surface area contributed by atoms with Crippen molar-refractivity contribution in [1.29, 1.82) is 0 Å². The van der Waals surface area contributed by atoms with Gasteiger partial charge in [0.05, 0.1) is 15.1 Å². The number of hydrogen-bond acceptors (Lipinski definition) is 6. The van der Waals surface area contributed by atoms with E-state index in [4.69, 9.17) is 0 Å². The number of nitrogens with one attached hydrogen (secondary N) is 2. The van der Waals surface area contributed by atoms with Crippen LogP contribution in [-0.4, -0.2) is 31.2 Å². The summed E-state index contributed by atoms with van der Waals surface area (Å²) in [6, 6.07) is 13.5. The van der Waals surface area contributed by atoms with Gasteiger partial charge in [-0.2, -0.15) is 0 Å². The van der Waals surface area contributed by atoms with E-state index in [1.54, 1.807) is 18.2 Å². The maximum atomic E-state index is 13.0. The fraction of sp³-hybridized carbons (Fsp3) is 0.250. The second-order valence-corrected chi connectivity index (χ2v) is 9.57. The van der Waals surface area contributed by atoms with E-state index >= 15 is 0 Å². The lowest BCUT2D eigenvalue weighted by Gasteiger charge is -2.18. The van der Waals surface area contributed by atoms with Gasteiger partial charge >= 0.3 is 0 Å². The van der Waals surface area contributed by atoms with Crippen LogP contribution in [0.15, 0.2) is 58.4 Å². The van der Waals surface area contributed by atoms with Crippen LogP contribution in [0.2, 0.25) is 0 Å². The summed E-state index contributed by atoms with van der Waals surface area (Å²) in [4.78, 5) is 22.2. The first-order valence-corrected chi connectivity index (χ1v) is 11.6. The minimum atomic E-state index is -3.66. The molecule has 150 valence electrons. The van der Waals surface area contributed by atoms with Crippen molar-refractivity contribution in [2.75, 3.05) is 5.32 Å². The number of sulfonamides is 1. The highest BCUT2D eigenvalue weighted by molar-refractivity contribution is 7.90. The number of thiazole rings is 1. The van der Waals surface area contributed by atoms with Crippen LogP contribution < -0.4 is 10.0 Å². The molecule has 1 aliphatic rings. The third-order valence-electron chi connectivity index (χ3n) is 4.91. The Kier molecular flexibility index (Phi) is 5.10. The van der Waals surface area contributed by atoms with Crippen LogP contribution in [-0.2, 0) is 14.8 Å². The van der Waals surface area contributed by atoms with Crippen molar-refractivity contribution < 1.29 is 13.2 Å². The molecule has 3 aromatic rings. The van der Waals surface area contributed by atoms with E-state index in [9.17, 15) is 13.2 Å². The molecule has 1 aliphatic heterocycles. The summed E-state index contributed by atoms with van der Waals surface area (Å²) in [5.74, 6) is -0.200. The SMILES string of the molecule is CC[C@H](C)[C@H](N=C1NS(=O)(=O)c2ccccc21)C(=O)Nc1nc2ccccc2s1. The minimum absolute atomic E-state index is 0.0888. The molecule has 1 amide bonds. The largest absolute Gasteiger partial charge is 0.300 e. The number of aliphatic imine (C=N–C) groups is 1. The molecular weight excluding hydrogens is 408 g/mol. The first-order valence-electron chi connectivity index (χ1n) is 9.25. The average molecular weight is 429 g/mol. The van der Waals surface area contributed by atoms with E-state index in [2.05, 4.69) is 20.0 Å². The normalized spacial score (nSPS) is 18.2. The summed E-state index contributed by atoms with van der Waals surface area (Å²) >= 11 is 1.39. The van der Waals surface area contributed by atoms with Crippen LogP contribution in [0.3, 0.4) is 0 Å². The molecule has 0 unspecified atom stereocenters. The zero-order chi connectivity index (χ0) is 20.6. The highest BCUT2D eigenvalue weighted by atomic mass is 32.2. The number of benzene rings is 2. The third-order valence-corrected chi connectivity index (χ3v) is 7.26. The molecule has 9 heteroatoms. The van der Waals surface area contributed by atoms with Crippen LogP contribution in [0.4, 0.5) is 5.13 Å². The molecule has 2 aromatic carbocycles. The number of carbonyl (C=O) groups excluding carboxylic acids is 1. The lowest BCUT2D eigenvalue weighted by Crippen LogP contribution is -2.34. The van der Waals surface area contributed by atoms with Gasteiger partial charge in [-0.3, -0.25) is 14.5 Å². The highest BCUT2D eigenvalue weighted by Gasteiger charge is 2.33. The Morgan fingerprint density at radius 3 is 2.69 bits per heavy atom. The number of rotatable bonds is 5. The van der Waals surface area contributed by atoms with Crippen LogP contribution in [0.5, 0.6) is 0 Å². The smallest absolute Gasteiger partial charge is 0.263 e. The molecule has 7 nitrogen and oxygen atoms in total. The van der Waals surface area contributed by atoms with Crippen LogP contribution in [0, 0.1) is 5.92 Å². The maximum Gasteiger partial charge on any atom is 0.263 e. The van der Waals surface area contributed by atoms with Gasteiger partial charge in [-0.1, -0.05) is 55.9 Å². The molecule has 1 aromatic heterocycles. The Morgan fingerprint density at radius 2 is 1.93 bits per heavy atom. The van der Waals surface area contributed by atoms with Gasteiger partial charge in [0.15, 0.2) is 5.13 Å². The molecule has 0 aliphatic carbocycles. The number of para-hydroxylation sites is 1. The van der Waals surface area contributed by atoms with Crippen molar-refractivity contribution in [3.8, 4) is 0 Å². The standard InChI is InChI=1S/C20H20N4O3S2/c1-3-12(2)17(19(25)23-20-21-14-9-5-6-10-15(14)28-20)22-18-13-8-4-7-11-16(13)29(26,27)24-18/h4-12,17H,3H2,1-2H3,(H,22,24)(H,21,23,25)/t12-,17-/m0/s1. The first-order chi connectivity index (χ1) is 13.9. The molecule has 0 bridgehead atoms. The molecule has 4 rings (SSSR count). The summed E-state index contributed by atoms with van der Waals surface area (Å²) in [6.45, 7) is 3.89. The van der Waals surface area contributed by atoms with E-state index < -0.39 is 16.1 Å². The van der Waals surface area contributed by atoms with Crippen LogP contribution >= 0.6 is 11.3 Å². The Balaban J connectivity index is 1.66. The predicted octanol–water partition coefficient (Wildman–Crippen LogP) is 3.39. The highest BCUT2D eigenvalue weighted by Crippen LogP contribution is 2.27. The second-order valence-electron chi connectivity index (χ2n) is 6.89. The molecule has 0 fully saturated rings. The molecule has 2 atom stereocenters. The number of aromatic nitrogens is 1. The predicted molar refractivity (Wildman–Crippen MR) is 115 cm³/mol. The van der Waals surface area contributed by atoms with Crippen molar-refractivity contribution in [3.63, 3.8) is 0 Å². The molecule has 0 saturated heterocycles. The van der Waals surface area contributed by atoms with Gasteiger partial charge in [-0.25, -0.2) is 13.4 Å². The summed E-state index contributed by atoms with van der Waals surface area (Å²) < 4.78 is 28.1. The van der Waals surface area contributed by atoms with Crippen LogP contribution in [0.1, 0.15) is 25.8 Å². The fourth-order valence-electron chi connectivity index (χ4n) is 3.14. The van der Waals surface area contributed by atoms with Crippen LogP contribution in [0.25, 0.3) is 10.2 Å². The van der Waals surface area contributed by atoms with Crippen molar-refractivity contribution in [1.82, 2.24) is 9.71 Å². The Hall–Kier alpha value is -2.78. The van der Waals surface area contributed by atoms with Gasteiger partial charge in [0.1, 0.15) is 11.9 Å². The topological polar surface area (TPSA) is 101 Å². The summed E-state index contributed by atoms with van der Waals surface area (Å²) in [5, 5.41) is 3.35. The van der Waals surface area contributed by atoms with E-state index in [1.165, 1.54) is 17.4 Å². The number of carbonyl (C=O) groups is 1. The minimum Gasteiger partial charge on any atom is -0.300 e. The van der Waals surface area contributed by atoms with Crippen molar-refractivity contribution >= 4 is 48.5 Å². The lowest BCUT2D eigenvalue weighted by molar-refractivity contribution is -0.118. The number of hydrogen-bond donors (Lipinski definition) is 2. The summed E-state index contributed by atoms with van der Waals surface area (Å²) in [5.41, 5.74) is 1.30.